The second kappa shape index (κ2) is 7.06. The summed E-state index contributed by atoms with van der Waals surface area (Å²) >= 11 is 3.39. The molecule has 1 aliphatic rings. The van der Waals surface area contributed by atoms with Crippen molar-refractivity contribution in [2.45, 2.75) is 37.2 Å². The molecule has 0 saturated carbocycles. The van der Waals surface area contributed by atoms with Crippen molar-refractivity contribution in [1.82, 2.24) is 10.2 Å². The first-order chi connectivity index (χ1) is 9.19. The largest absolute Gasteiger partial charge is 0.351 e. The molecular formula is C15H21BrN2O. The number of halogens is 1. The van der Waals surface area contributed by atoms with Gasteiger partial charge in [-0.3, -0.25) is 9.69 Å². The van der Waals surface area contributed by atoms with Gasteiger partial charge in [0.25, 0.3) is 0 Å². The first-order valence-electron chi connectivity index (χ1n) is 6.89. The Labute approximate surface area is 123 Å². The van der Waals surface area contributed by atoms with Crippen molar-refractivity contribution in [2.24, 2.45) is 0 Å². The summed E-state index contributed by atoms with van der Waals surface area (Å²) in [5.74, 6) is 0.120. The highest BCUT2D eigenvalue weighted by Crippen LogP contribution is 2.14. The Morgan fingerprint density at radius 3 is 2.89 bits per heavy atom. The van der Waals surface area contributed by atoms with E-state index in [4.69, 9.17) is 0 Å². The smallest absolute Gasteiger partial charge is 0.234 e. The summed E-state index contributed by atoms with van der Waals surface area (Å²) in [5.41, 5.74) is 1.33. The molecule has 1 heterocycles. The van der Waals surface area contributed by atoms with Gasteiger partial charge in [0.1, 0.15) is 0 Å². The number of likely N-dealkylation sites (tertiary alicyclic amines) is 1. The molecule has 0 radical (unpaired) electrons. The third-order valence-electron chi connectivity index (χ3n) is 3.51. The van der Waals surface area contributed by atoms with Crippen LogP contribution in [0.3, 0.4) is 0 Å². The van der Waals surface area contributed by atoms with E-state index in [0.29, 0.717) is 6.04 Å². The van der Waals surface area contributed by atoms with Crippen LogP contribution in [-0.2, 0) is 11.3 Å². The van der Waals surface area contributed by atoms with Gasteiger partial charge < -0.3 is 5.32 Å². The third-order valence-corrected chi connectivity index (χ3v) is 4.57. The van der Waals surface area contributed by atoms with Crippen LogP contribution < -0.4 is 5.32 Å². The summed E-state index contributed by atoms with van der Waals surface area (Å²) < 4.78 is 0. The Bertz CT molecular complexity index is 410. The van der Waals surface area contributed by atoms with Crippen molar-refractivity contribution in [3.8, 4) is 0 Å². The standard InChI is InChI=1S/C15H21BrN2O/c1-2-14(16)15(19)17-13-8-9-18(11-13)10-12-6-4-3-5-7-12/h3-7,13-14H,2,8-11H2,1H3,(H,17,19). The van der Waals surface area contributed by atoms with Crippen LogP contribution in [0.25, 0.3) is 0 Å². The molecule has 1 saturated heterocycles. The van der Waals surface area contributed by atoms with Crippen molar-refractivity contribution >= 4 is 21.8 Å². The molecule has 1 aliphatic heterocycles. The summed E-state index contributed by atoms with van der Waals surface area (Å²) in [4.78, 5) is 14.2. The lowest BCUT2D eigenvalue weighted by atomic mass is 10.2. The zero-order valence-electron chi connectivity index (χ0n) is 11.3. The van der Waals surface area contributed by atoms with Gasteiger partial charge in [-0.05, 0) is 18.4 Å². The monoisotopic (exact) mass is 324 g/mol. The van der Waals surface area contributed by atoms with Gasteiger partial charge >= 0.3 is 0 Å². The van der Waals surface area contributed by atoms with Gasteiger partial charge in [-0.25, -0.2) is 0 Å². The minimum absolute atomic E-state index is 0.0596. The van der Waals surface area contributed by atoms with Gasteiger partial charge in [-0.15, -0.1) is 0 Å². The van der Waals surface area contributed by atoms with E-state index in [0.717, 1.165) is 32.5 Å². The van der Waals surface area contributed by atoms with E-state index in [2.05, 4.69) is 50.4 Å². The highest BCUT2D eigenvalue weighted by molar-refractivity contribution is 9.10. The molecule has 0 spiro atoms. The highest BCUT2D eigenvalue weighted by Gasteiger charge is 2.25. The van der Waals surface area contributed by atoms with Gasteiger partial charge in [-0.2, -0.15) is 0 Å². The maximum Gasteiger partial charge on any atom is 0.234 e. The summed E-state index contributed by atoms with van der Waals surface area (Å²) in [5, 5.41) is 3.12. The second-order valence-electron chi connectivity index (χ2n) is 5.09. The van der Waals surface area contributed by atoms with E-state index >= 15 is 0 Å². The van der Waals surface area contributed by atoms with Crippen molar-refractivity contribution in [3.05, 3.63) is 35.9 Å². The molecule has 1 fully saturated rings. The molecule has 2 unspecified atom stereocenters. The molecule has 3 nitrogen and oxygen atoms in total. The topological polar surface area (TPSA) is 32.3 Å². The quantitative estimate of drug-likeness (QED) is 0.844. The number of rotatable bonds is 5. The number of amides is 1. The molecular weight excluding hydrogens is 304 g/mol. The van der Waals surface area contributed by atoms with Crippen molar-refractivity contribution < 1.29 is 4.79 Å². The lowest BCUT2D eigenvalue weighted by Crippen LogP contribution is -2.40. The number of alkyl halides is 1. The number of hydrogen-bond donors (Lipinski definition) is 1. The summed E-state index contributed by atoms with van der Waals surface area (Å²) in [6, 6.07) is 10.8. The minimum atomic E-state index is -0.0596. The average Bonchev–Trinajstić information content (AvgIpc) is 2.86. The van der Waals surface area contributed by atoms with E-state index in [1.54, 1.807) is 0 Å². The van der Waals surface area contributed by atoms with Crippen LogP contribution in [0.4, 0.5) is 0 Å². The Morgan fingerprint density at radius 1 is 1.47 bits per heavy atom. The van der Waals surface area contributed by atoms with Crippen LogP contribution in [0, 0.1) is 0 Å². The fourth-order valence-electron chi connectivity index (χ4n) is 2.41. The van der Waals surface area contributed by atoms with E-state index in [9.17, 15) is 4.79 Å². The van der Waals surface area contributed by atoms with Gasteiger partial charge in [0.2, 0.25) is 5.91 Å². The summed E-state index contributed by atoms with van der Waals surface area (Å²) in [7, 11) is 0. The molecule has 19 heavy (non-hydrogen) atoms. The predicted octanol–water partition coefficient (Wildman–Crippen LogP) is 2.55. The number of hydrogen-bond acceptors (Lipinski definition) is 2. The summed E-state index contributed by atoms with van der Waals surface area (Å²) in [6.45, 7) is 4.98. The van der Waals surface area contributed by atoms with Crippen molar-refractivity contribution in [2.75, 3.05) is 13.1 Å². The van der Waals surface area contributed by atoms with Gasteiger partial charge in [0, 0.05) is 25.7 Å². The molecule has 2 rings (SSSR count). The Hall–Kier alpha value is -0.870. The third kappa shape index (κ3) is 4.32. The van der Waals surface area contributed by atoms with Gasteiger partial charge in [0.15, 0.2) is 0 Å². The van der Waals surface area contributed by atoms with E-state index in [1.165, 1.54) is 5.56 Å². The first kappa shape index (κ1) is 14.5. The lowest BCUT2D eigenvalue weighted by molar-refractivity contribution is -0.121. The van der Waals surface area contributed by atoms with Crippen LogP contribution in [-0.4, -0.2) is 34.8 Å². The minimum Gasteiger partial charge on any atom is -0.351 e. The molecule has 0 bridgehead atoms. The molecule has 1 amide bonds. The summed E-state index contributed by atoms with van der Waals surface area (Å²) in [6.07, 6.45) is 1.87. The molecule has 2 atom stereocenters. The highest BCUT2D eigenvalue weighted by atomic mass is 79.9. The van der Waals surface area contributed by atoms with Crippen LogP contribution >= 0.6 is 15.9 Å². The molecule has 1 N–H and O–H groups in total. The maximum absolute atomic E-state index is 11.8. The van der Waals surface area contributed by atoms with Gasteiger partial charge in [0.05, 0.1) is 4.83 Å². The predicted molar refractivity (Wildman–Crippen MR) is 81.3 cm³/mol. The fourth-order valence-corrected chi connectivity index (χ4v) is 2.54. The SMILES string of the molecule is CCC(Br)C(=O)NC1CCN(Cc2ccccc2)C1. The Kier molecular flexibility index (Phi) is 5.40. The van der Waals surface area contributed by atoms with Crippen LogP contribution in [0.5, 0.6) is 0 Å². The molecule has 0 aliphatic carbocycles. The fraction of sp³-hybridized carbons (Fsp3) is 0.533. The molecule has 104 valence electrons. The zero-order valence-corrected chi connectivity index (χ0v) is 12.9. The number of nitrogens with zero attached hydrogens (tertiary/aromatic N) is 1. The van der Waals surface area contributed by atoms with Crippen LogP contribution in [0.15, 0.2) is 30.3 Å². The van der Waals surface area contributed by atoms with E-state index < -0.39 is 0 Å². The lowest BCUT2D eigenvalue weighted by Gasteiger charge is -2.17. The zero-order chi connectivity index (χ0) is 13.7. The normalized spacial score (nSPS) is 21.3. The van der Waals surface area contributed by atoms with Crippen molar-refractivity contribution in [3.63, 3.8) is 0 Å². The molecule has 1 aromatic rings. The number of benzene rings is 1. The number of nitrogens with one attached hydrogen (secondary N) is 1. The number of carbonyl (C=O) groups excluding carboxylic acids is 1. The van der Waals surface area contributed by atoms with Crippen molar-refractivity contribution in [1.29, 1.82) is 0 Å². The average molecular weight is 325 g/mol. The second-order valence-corrected chi connectivity index (χ2v) is 6.20. The van der Waals surface area contributed by atoms with E-state index in [-0.39, 0.29) is 10.7 Å². The van der Waals surface area contributed by atoms with Crippen LogP contribution in [0.2, 0.25) is 0 Å². The first-order valence-corrected chi connectivity index (χ1v) is 7.81. The Balaban J connectivity index is 1.79. The molecule has 1 aromatic carbocycles. The van der Waals surface area contributed by atoms with Gasteiger partial charge in [-0.1, -0.05) is 53.2 Å². The Morgan fingerprint density at radius 2 is 2.21 bits per heavy atom. The number of carbonyl (C=O) groups is 1. The van der Waals surface area contributed by atoms with Crippen LogP contribution in [0.1, 0.15) is 25.3 Å². The van der Waals surface area contributed by atoms with E-state index in [1.807, 2.05) is 13.0 Å². The molecule has 4 heteroatoms. The maximum atomic E-state index is 11.8. The molecule has 0 aromatic heterocycles.